The maximum Gasteiger partial charge on any atom is 0.244 e. The monoisotopic (exact) mass is 289 g/mol. The van der Waals surface area contributed by atoms with Gasteiger partial charge in [0.2, 0.25) is 5.91 Å². The lowest BCUT2D eigenvalue weighted by atomic mass is 9.97. The van der Waals surface area contributed by atoms with E-state index in [1.807, 2.05) is 32.9 Å². The molecule has 114 valence electrons. The summed E-state index contributed by atoms with van der Waals surface area (Å²) in [6.07, 6.45) is 3.60. The molecule has 2 atom stereocenters. The van der Waals surface area contributed by atoms with E-state index < -0.39 is 5.60 Å². The van der Waals surface area contributed by atoms with Crippen LogP contribution in [0.1, 0.15) is 30.0 Å². The van der Waals surface area contributed by atoms with Gasteiger partial charge in [0, 0.05) is 25.6 Å². The van der Waals surface area contributed by atoms with E-state index in [-0.39, 0.29) is 18.6 Å². The van der Waals surface area contributed by atoms with Crippen molar-refractivity contribution in [3.8, 4) is 0 Å². The predicted molar refractivity (Wildman–Crippen MR) is 82.9 cm³/mol. The van der Waals surface area contributed by atoms with Gasteiger partial charge in [0.1, 0.15) is 5.60 Å². The lowest BCUT2D eigenvalue weighted by Crippen LogP contribution is -2.47. The minimum absolute atomic E-state index is 0.206. The van der Waals surface area contributed by atoms with Gasteiger partial charge in [0.05, 0.1) is 6.10 Å². The van der Waals surface area contributed by atoms with Crippen molar-refractivity contribution < 1.29 is 14.6 Å². The molecule has 2 unspecified atom stereocenters. The molecule has 4 nitrogen and oxygen atoms in total. The molecule has 1 aliphatic heterocycles. The molecule has 1 aromatic carbocycles. The molecule has 0 radical (unpaired) electrons. The summed E-state index contributed by atoms with van der Waals surface area (Å²) in [5, 5.41) is 13.0. The van der Waals surface area contributed by atoms with Gasteiger partial charge in [-0.15, -0.1) is 0 Å². The van der Waals surface area contributed by atoms with Gasteiger partial charge in [0.25, 0.3) is 0 Å². The number of carbonyl (C=O) groups excluding carboxylic acids is 1. The molecule has 21 heavy (non-hydrogen) atoms. The van der Waals surface area contributed by atoms with Crippen LogP contribution >= 0.6 is 0 Å². The molecule has 1 aromatic rings. The Kier molecular flexibility index (Phi) is 4.80. The Hall–Kier alpha value is -1.65. The van der Waals surface area contributed by atoms with Crippen molar-refractivity contribution in [1.82, 2.24) is 5.32 Å². The second-order valence-corrected chi connectivity index (χ2v) is 5.78. The number of benzene rings is 1. The SMILES string of the molecule is Cc1ccc(/C=C/C(=O)NCC2(O)CCOC2C)c(C)c1. The summed E-state index contributed by atoms with van der Waals surface area (Å²) in [6.45, 7) is 6.63. The van der Waals surface area contributed by atoms with Gasteiger partial charge in [-0.2, -0.15) is 0 Å². The summed E-state index contributed by atoms with van der Waals surface area (Å²) in [6, 6.07) is 6.09. The zero-order valence-corrected chi connectivity index (χ0v) is 12.8. The first-order valence-electron chi connectivity index (χ1n) is 7.28. The first-order chi connectivity index (χ1) is 9.90. The fourth-order valence-corrected chi connectivity index (χ4v) is 2.48. The molecule has 2 rings (SSSR count). The second-order valence-electron chi connectivity index (χ2n) is 5.78. The van der Waals surface area contributed by atoms with Crippen molar-refractivity contribution in [1.29, 1.82) is 0 Å². The Labute approximate surface area is 125 Å². The van der Waals surface area contributed by atoms with Crippen LogP contribution in [0.3, 0.4) is 0 Å². The molecule has 1 aliphatic rings. The molecule has 0 saturated carbocycles. The van der Waals surface area contributed by atoms with Crippen molar-refractivity contribution in [2.75, 3.05) is 13.2 Å². The van der Waals surface area contributed by atoms with Crippen molar-refractivity contribution in [3.63, 3.8) is 0 Å². The zero-order valence-electron chi connectivity index (χ0n) is 12.8. The van der Waals surface area contributed by atoms with Crippen molar-refractivity contribution in [3.05, 3.63) is 41.0 Å². The Morgan fingerprint density at radius 2 is 2.29 bits per heavy atom. The van der Waals surface area contributed by atoms with Gasteiger partial charge in [-0.05, 0) is 38.0 Å². The molecule has 0 aromatic heterocycles. The highest BCUT2D eigenvalue weighted by Crippen LogP contribution is 2.24. The maximum atomic E-state index is 11.9. The number of hydrogen-bond acceptors (Lipinski definition) is 3. The number of amides is 1. The van der Waals surface area contributed by atoms with E-state index >= 15 is 0 Å². The second kappa shape index (κ2) is 6.41. The summed E-state index contributed by atoms with van der Waals surface area (Å²) in [4.78, 5) is 11.9. The average Bonchev–Trinajstić information content (AvgIpc) is 2.76. The smallest absolute Gasteiger partial charge is 0.244 e. The van der Waals surface area contributed by atoms with Crippen molar-refractivity contribution >= 4 is 12.0 Å². The van der Waals surface area contributed by atoms with Crippen molar-refractivity contribution in [2.45, 2.75) is 38.9 Å². The maximum absolute atomic E-state index is 11.9. The number of aliphatic hydroxyl groups is 1. The number of carbonyl (C=O) groups is 1. The van der Waals surface area contributed by atoms with Gasteiger partial charge >= 0.3 is 0 Å². The van der Waals surface area contributed by atoms with E-state index in [0.29, 0.717) is 13.0 Å². The van der Waals surface area contributed by atoms with Crippen LogP contribution in [0.2, 0.25) is 0 Å². The molecule has 0 aliphatic carbocycles. The molecule has 0 spiro atoms. The number of rotatable bonds is 4. The number of aryl methyl sites for hydroxylation is 2. The summed E-state index contributed by atoms with van der Waals surface area (Å²) < 4.78 is 5.34. The van der Waals surface area contributed by atoms with Crippen LogP contribution in [-0.2, 0) is 9.53 Å². The average molecular weight is 289 g/mol. The van der Waals surface area contributed by atoms with Crippen LogP contribution in [0.5, 0.6) is 0 Å². The lowest BCUT2D eigenvalue weighted by molar-refractivity contribution is -0.118. The van der Waals surface area contributed by atoms with Gasteiger partial charge < -0.3 is 15.2 Å². The number of nitrogens with one attached hydrogen (secondary N) is 1. The lowest BCUT2D eigenvalue weighted by Gasteiger charge is -2.25. The molecule has 1 saturated heterocycles. The molecular formula is C17H23NO3. The third-order valence-electron chi connectivity index (χ3n) is 4.07. The van der Waals surface area contributed by atoms with E-state index in [1.54, 1.807) is 6.08 Å². The van der Waals surface area contributed by atoms with E-state index in [9.17, 15) is 9.90 Å². The minimum atomic E-state index is -0.955. The highest BCUT2D eigenvalue weighted by atomic mass is 16.5. The van der Waals surface area contributed by atoms with E-state index in [4.69, 9.17) is 4.74 Å². The Morgan fingerprint density at radius 1 is 1.52 bits per heavy atom. The van der Waals surface area contributed by atoms with Gasteiger partial charge in [0.15, 0.2) is 0 Å². The minimum Gasteiger partial charge on any atom is -0.385 e. The Bertz CT molecular complexity index is 553. The van der Waals surface area contributed by atoms with Crippen LogP contribution in [-0.4, -0.2) is 35.9 Å². The standard InChI is InChI=1S/C17H23NO3/c1-12-4-5-15(13(2)10-12)6-7-16(19)18-11-17(20)8-9-21-14(17)3/h4-7,10,14,20H,8-9,11H2,1-3H3,(H,18,19)/b7-6+. The fraction of sp³-hybridized carbons (Fsp3) is 0.471. The third kappa shape index (κ3) is 3.93. The fourth-order valence-electron chi connectivity index (χ4n) is 2.48. The summed E-state index contributed by atoms with van der Waals surface area (Å²) >= 11 is 0. The normalized spacial score (nSPS) is 25.4. The number of ether oxygens (including phenoxy) is 1. The van der Waals surface area contributed by atoms with Crippen LogP contribution < -0.4 is 5.32 Å². The van der Waals surface area contributed by atoms with Crippen LogP contribution in [0, 0.1) is 13.8 Å². The number of hydrogen-bond donors (Lipinski definition) is 2. The molecule has 1 heterocycles. The summed E-state index contributed by atoms with van der Waals surface area (Å²) in [5.41, 5.74) is 2.40. The highest BCUT2D eigenvalue weighted by Gasteiger charge is 2.39. The van der Waals surface area contributed by atoms with Crippen molar-refractivity contribution in [2.24, 2.45) is 0 Å². The largest absolute Gasteiger partial charge is 0.385 e. The first kappa shape index (κ1) is 15.7. The van der Waals surface area contributed by atoms with Crippen LogP contribution in [0.25, 0.3) is 6.08 Å². The van der Waals surface area contributed by atoms with E-state index in [2.05, 4.69) is 11.4 Å². The van der Waals surface area contributed by atoms with Crippen LogP contribution in [0.4, 0.5) is 0 Å². The quantitative estimate of drug-likeness (QED) is 0.833. The Balaban J connectivity index is 1.91. The van der Waals surface area contributed by atoms with Crippen LogP contribution in [0.15, 0.2) is 24.3 Å². The topological polar surface area (TPSA) is 58.6 Å². The molecular weight excluding hydrogens is 266 g/mol. The molecule has 1 fully saturated rings. The summed E-state index contributed by atoms with van der Waals surface area (Å²) in [5.74, 6) is -0.206. The van der Waals surface area contributed by atoms with E-state index in [1.165, 1.54) is 11.6 Å². The molecule has 2 N–H and O–H groups in total. The molecule has 1 amide bonds. The predicted octanol–water partition coefficient (Wildman–Crippen LogP) is 1.97. The zero-order chi connectivity index (χ0) is 15.5. The van der Waals surface area contributed by atoms with Gasteiger partial charge in [-0.3, -0.25) is 4.79 Å². The molecule has 0 bridgehead atoms. The summed E-state index contributed by atoms with van der Waals surface area (Å²) in [7, 11) is 0. The van der Waals surface area contributed by atoms with E-state index in [0.717, 1.165) is 11.1 Å². The Morgan fingerprint density at radius 3 is 2.90 bits per heavy atom. The highest BCUT2D eigenvalue weighted by molar-refractivity contribution is 5.91. The molecule has 4 heteroatoms. The van der Waals surface area contributed by atoms with Gasteiger partial charge in [-0.25, -0.2) is 0 Å². The first-order valence-corrected chi connectivity index (χ1v) is 7.28. The van der Waals surface area contributed by atoms with Gasteiger partial charge in [-0.1, -0.05) is 23.8 Å². The third-order valence-corrected chi connectivity index (χ3v) is 4.07.